The van der Waals surface area contributed by atoms with Gasteiger partial charge in [0.2, 0.25) is 0 Å². The monoisotopic (exact) mass is 790 g/mol. The molecule has 0 aliphatic heterocycles. The summed E-state index contributed by atoms with van der Waals surface area (Å²) in [5.41, 5.74) is 0. The Labute approximate surface area is 223 Å². The molecule has 0 aliphatic carbocycles. The maximum Gasteiger partial charge on any atom is 0 e. The average Bonchev–Trinajstić information content (AvgIpc) is 0. The second-order valence-electron chi connectivity index (χ2n) is 0. The van der Waals surface area contributed by atoms with Gasteiger partial charge in [0.1, 0.15) is 0 Å². The number of rotatable bonds is 0. The summed E-state index contributed by atoms with van der Waals surface area (Å²) in [5.74, 6) is 0. The molecule has 0 nitrogen and oxygen atoms in total. The Kier molecular flexibility index (Phi) is 256. The first-order chi connectivity index (χ1) is 0. The van der Waals surface area contributed by atoms with Crippen molar-refractivity contribution in [1.29, 1.82) is 0 Å². The minimum Gasteiger partial charge on any atom is 0 e. The van der Waals surface area contributed by atoms with E-state index in [1.165, 1.54) is 0 Å². The fraction of sp³-hybridized carbons (Fsp3) is 0. The predicted molar refractivity (Wildman–Crippen MR) is 42.2 cm³/mol. The predicted octanol–water partition coefficient (Wildman–Crippen LogP) is -1.71. The molecule has 0 saturated heterocycles. The van der Waals surface area contributed by atoms with Gasteiger partial charge in [0.15, 0.2) is 0 Å². The van der Waals surface area contributed by atoms with Crippen LogP contribution in [0.1, 0.15) is 0 Å². The van der Waals surface area contributed by atoms with Crippen LogP contribution in [0.15, 0.2) is 0 Å². The molecule has 0 spiro atoms. The smallest absolute Gasteiger partial charge is 0 e. The van der Waals surface area contributed by atoms with Crippen molar-refractivity contribution in [3.63, 3.8) is 0 Å². The maximum absolute atomic E-state index is 0. The molecule has 0 rings (SSSR count). The summed E-state index contributed by atoms with van der Waals surface area (Å²) in [7, 11) is 0. The third-order valence-electron chi connectivity index (χ3n) is 0. The van der Waals surface area contributed by atoms with Gasteiger partial charge >= 0.3 is 129 Å². The van der Waals surface area contributed by atoms with Crippen molar-refractivity contribution >= 4 is 153 Å². The SMILES string of the molecule is F.I.[BiH3].[KH].[KH].[Lu].[Lu]. The van der Waals surface area contributed by atoms with Crippen LogP contribution in [0.25, 0.3) is 0 Å². The van der Waals surface area contributed by atoms with E-state index in [9.17, 15) is 0 Å². The number of halogens is 2. The summed E-state index contributed by atoms with van der Waals surface area (Å²) < 4.78 is 0. The van der Waals surface area contributed by atoms with Crippen LogP contribution in [0.5, 0.6) is 0 Å². The van der Waals surface area contributed by atoms with E-state index in [2.05, 4.69) is 0 Å². The molecule has 0 aromatic heterocycles. The quantitative estimate of drug-likeness (QED) is 0.203. The van der Waals surface area contributed by atoms with E-state index in [1.807, 2.05) is 0 Å². The van der Waals surface area contributed by atoms with Gasteiger partial charge in [0, 0.05) is 73.7 Å². The van der Waals surface area contributed by atoms with Gasteiger partial charge < -0.3 is 0 Å². The Morgan fingerprint density at radius 1 is 0.714 bits per heavy atom. The largest absolute Gasteiger partial charge is 0 e. The molecule has 0 saturated carbocycles. The molecule has 0 aromatic carbocycles. The Morgan fingerprint density at radius 2 is 0.714 bits per heavy atom. The van der Waals surface area contributed by atoms with Gasteiger partial charge in [-0.1, -0.05) is 0 Å². The Hall–Kier alpha value is 7.28. The molecule has 0 aliphatic rings. The van der Waals surface area contributed by atoms with Crippen molar-refractivity contribution in [2.45, 2.75) is 0 Å². The second kappa shape index (κ2) is 37.8. The molecule has 0 bridgehead atoms. The molecule has 58 valence electrons. The third-order valence-corrected chi connectivity index (χ3v) is 0. The zero-order chi connectivity index (χ0) is 0. The summed E-state index contributed by atoms with van der Waals surface area (Å²) in [5, 5.41) is 0. The fourth-order valence-electron chi connectivity index (χ4n) is 0. The van der Waals surface area contributed by atoms with Crippen molar-refractivity contribution in [3.8, 4) is 0 Å². The van der Waals surface area contributed by atoms with Crippen LogP contribution in [0, 0.1) is 73.7 Å². The van der Waals surface area contributed by atoms with Crippen LogP contribution < -0.4 is 0 Å². The molecule has 7 heteroatoms. The van der Waals surface area contributed by atoms with Crippen molar-refractivity contribution in [2.24, 2.45) is 0 Å². The van der Waals surface area contributed by atoms with Crippen LogP contribution in [-0.2, 0) is 0 Å². The van der Waals surface area contributed by atoms with Crippen LogP contribution in [0.2, 0.25) is 0 Å². The van der Waals surface area contributed by atoms with E-state index in [0.29, 0.717) is 0 Å². The average molecular weight is 790 g/mol. The van der Waals surface area contributed by atoms with E-state index < -0.39 is 0 Å². The zero-order valence-corrected chi connectivity index (χ0v) is 13.2. The summed E-state index contributed by atoms with van der Waals surface area (Å²) in [6.45, 7) is 0. The summed E-state index contributed by atoms with van der Waals surface area (Å²) in [6.07, 6.45) is 0. The molecule has 0 amide bonds. The molecule has 7 heavy (non-hydrogen) atoms. The van der Waals surface area contributed by atoms with Gasteiger partial charge in [-0.2, -0.15) is 0 Å². The maximum atomic E-state index is 0. The molecule has 2 radical (unpaired) electrons. The van der Waals surface area contributed by atoms with Crippen molar-refractivity contribution in [2.75, 3.05) is 0 Å². The summed E-state index contributed by atoms with van der Waals surface area (Å²) in [6, 6.07) is 0. The summed E-state index contributed by atoms with van der Waals surface area (Å²) in [4.78, 5) is 0. The van der Waals surface area contributed by atoms with Gasteiger partial charge in [-0.3, -0.25) is 4.70 Å². The van der Waals surface area contributed by atoms with Crippen LogP contribution in [0.3, 0.4) is 0 Å². The first-order valence-electron chi connectivity index (χ1n) is 0. The Morgan fingerprint density at radius 3 is 0.714 bits per heavy atom. The van der Waals surface area contributed by atoms with Crippen LogP contribution in [0.4, 0.5) is 4.70 Å². The first kappa shape index (κ1) is 47.5. The van der Waals surface area contributed by atoms with Crippen LogP contribution in [-0.4, -0.2) is 129 Å². The van der Waals surface area contributed by atoms with Crippen molar-refractivity contribution in [1.82, 2.24) is 0 Å². The van der Waals surface area contributed by atoms with E-state index in [-0.39, 0.29) is 231 Å². The van der Waals surface area contributed by atoms with Gasteiger partial charge in [0.25, 0.3) is 0 Å². The minimum absolute atomic E-state index is 0. The molecule has 0 N–H and O–H groups in total. The molecular formula is H7BiFIK2Lu2. The molecule has 0 heterocycles. The molecule has 0 aromatic rings. The van der Waals surface area contributed by atoms with Gasteiger partial charge in [0.05, 0.1) is 0 Å². The molecular weight excluding hydrogens is 783 g/mol. The number of hydrogen-bond acceptors (Lipinski definition) is 0. The Bertz CT molecular complexity index is 15.7. The summed E-state index contributed by atoms with van der Waals surface area (Å²) >= 11 is 0. The molecule has 0 unspecified atom stereocenters. The first-order valence-corrected chi connectivity index (χ1v) is 0. The van der Waals surface area contributed by atoms with Crippen LogP contribution >= 0.6 is 24.0 Å². The number of hydrogen-bond donors (Lipinski definition) is 0. The normalized spacial score (nSPS) is 0. The van der Waals surface area contributed by atoms with E-state index in [0.717, 1.165) is 0 Å². The topological polar surface area (TPSA) is 0 Å². The van der Waals surface area contributed by atoms with Crippen molar-refractivity contribution in [3.05, 3.63) is 0 Å². The van der Waals surface area contributed by atoms with Crippen molar-refractivity contribution < 1.29 is 78.5 Å². The third kappa shape index (κ3) is 31.9. The van der Waals surface area contributed by atoms with Gasteiger partial charge in [-0.15, -0.1) is 24.0 Å². The molecule has 0 fully saturated rings. The van der Waals surface area contributed by atoms with E-state index >= 15 is 0 Å². The molecule has 0 atom stereocenters. The Balaban J connectivity index is 0. The standard InChI is InChI=1S/Bi.FH.HI.2K.2Lu.5H/h;2*1H;;;;;;;;;. The van der Waals surface area contributed by atoms with Gasteiger partial charge in [-0.05, 0) is 0 Å². The second-order valence-corrected chi connectivity index (χ2v) is 0. The zero-order valence-electron chi connectivity index (χ0n) is 2.04. The fourth-order valence-corrected chi connectivity index (χ4v) is 0. The van der Waals surface area contributed by atoms with Gasteiger partial charge in [-0.25, -0.2) is 0 Å². The van der Waals surface area contributed by atoms with E-state index in [4.69, 9.17) is 0 Å². The van der Waals surface area contributed by atoms with E-state index in [1.54, 1.807) is 0 Å². The minimum atomic E-state index is 0.